The molecule has 10 heteroatoms. The van der Waals surface area contributed by atoms with E-state index in [1.807, 2.05) is 0 Å². The van der Waals surface area contributed by atoms with E-state index in [0.29, 0.717) is 13.1 Å². The molecule has 0 aliphatic carbocycles. The molecule has 0 saturated carbocycles. The van der Waals surface area contributed by atoms with E-state index in [9.17, 15) is 31.4 Å². The Morgan fingerprint density at radius 3 is 2.22 bits per heavy atom. The molecule has 1 aromatic rings. The highest BCUT2D eigenvalue weighted by Gasteiger charge is 2.46. The second-order valence-electron chi connectivity index (χ2n) is 4.97. The summed E-state index contributed by atoms with van der Waals surface area (Å²) < 4.78 is 80.6. The second-order valence-corrected chi connectivity index (χ2v) is 4.97. The normalized spacial score (nSPS) is 18.7. The number of hydrogen-bond donors (Lipinski definition) is 2. The van der Waals surface area contributed by atoms with Gasteiger partial charge in [0.2, 0.25) is 0 Å². The van der Waals surface area contributed by atoms with Gasteiger partial charge in [-0.2, -0.15) is 13.2 Å². The summed E-state index contributed by atoms with van der Waals surface area (Å²) in [6.45, 7) is 0.722. The molecule has 0 aromatic heterocycles. The third kappa shape index (κ3) is 4.41. The molecule has 1 atom stereocenters. The van der Waals surface area contributed by atoms with Gasteiger partial charge in [0.15, 0.2) is 11.5 Å². The molecule has 0 amide bonds. The molecule has 1 heterocycles. The van der Waals surface area contributed by atoms with Crippen molar-refractivity contribution >= 4 is 0 Å². The lowest BCUT2D eigenvalue weighted by atomic mass is 10.0. The van der Waals surface area contributed by atoms with Crippen molar-refractivity contribution in [1.29, 1.82) is 0 Å². The van der Waals surface area contributed by atoms with Crippen LogP contribution in [-0.4, -0.2) is 48.7 Å². The predicted molar refractivity (Wildman–Crippen MR) is 68.0 cm³/mol. The van der Waals surface area contributed by atoms with Crippen LogP contribution in [-0.2, 0) is 0 Å². The Labute approximate surface area is 127 Å². The van der Waals surface area contributed by atoms with Crippen LogP contribution in [0.3, 0.4) is 0 Å². The van der Waals surface area contributed by atoms with E-state index in [0.717, 1.165) is 23.1 Å². The molecule has 1 aliphatic rings. The molecule has 2 rings (SSSR count). The minimum absolute atomic E-state index is 0.0496. The number of piperazine rings is 1. The van der Waals surface area contributed by atoms with Gasteiger partial charge in [-0.15, -0.1) is 13.2 Å². The average molecular weight is 344 g/mol. The largest absolute Gasteiger partial charge is 0.573 e. The zero-order chi connectivity index (χ0) is 17.3. The number of nitrogens with zero attached hydrogens (tertiary/aromatic N) is 1. The van der Waals surface area contributed by atoms with Gasteiger partial charge in [0.25, 0.3) is 0 Å². The van der Waals surface area contributed by atoms with Gasteiger partial charge in [-0.25, -0.2) is 0 Å². The number of halogens is 6. The van der Waals surface area contributed by atoms with Crippen LogP contribution in [0.5, 0.6) is 11.5 Å². The first-order valence-corrected chi connectivity index (χ1v) is 6.68. The van der Waals surface area contributed by atoms with Crippen LogP contribution < -0.4 is 10.1 Å². The van der Waals surface area contributed by atoms with Gasteiger partial charge in [0.05, 0.1) is 0 Å². The number of para-hydroxylation sites is 1. The molecule has 4 nitrogen and oxygen atoms in total. The molecule has 2 N–H and O–H groups in total. The summed E-state index contributed by atoms with van der Waals surface area (Å²) in [5.41, 5.74) is -0.666. The summed E-state index contributed by atoms with van der Waals surface area (Å²) in [6.07, 6.45) is -9.87. The zero-order valence-electron chi connectivity index (χ0n) is 11.7. The third-order valence-electron chi connectivity index (χ3n) is 3.38. The quantitative estimate of drug-likeness (QED) is 0.828. The number of rotatable bonds is 3. The van der Waals surface area contributed by atoms with E-state index in [4.69, 9.17) is 0 Å². The summed E-state index contributed by atoms with van der Waals surface area (Å²) in [4.78, 5) is 1.06. The summed E-state index contributed by atoms with van der Waals surface area (Å²) >= 11 is 0. The van der Waals surface area contributed by atoms with Crippen LogP contribution in [0, 0.1) is 0 Å². The SMILES string of the molecule is Oc1c(OC(F)(F)F)cccc1[C@@H](N1CCNCC1)C(F)(F)F. The Kier molecular flexibility index (Phi) is 4.95. The fourth-order valence-corrected chi connectivity index (χ4v) is 2.49. The number of hydrogen-bond acceptors (Lipinski definition) is 4. The van der Waals surface area contributed by atoms with E-state index in [1.165, 1.54) is 0 Å². The van der Waals surface area contributed by atoms with E-state index in [1.54, 1.807) is 0 Å². The second kappa shape index (κ2) is 6.44. The molecular formula is C13H14F6N2O2. The van der Waals surface area contributed by atoms with Crippen LogP contribution in [0.25, 0.3) is 0 Å². The summed E-state index contributed by atoms with van der Waals surface area (Å²) in [5, 5.41) is 12.7. The first-order chi connectivity index (χ1) is 10.6. The van der Waals surface area contributed by atoms with Crippen LogP contribution >= 0.6 is 0 Å². The molecule has 23 heavy (non-hydrogen) atoms. The van der Waals surface area contributed by atoms with Crippen molar-refractivity contribution in [2.24, 2.45) is 0 Å². The van der Waals surface area contributed by atoms with Gasteiger partial charge < -0.3 is 15.2 Å². The van der Waals surface area contributed by atoms with Gasteiger partial charge in [0, 0.05) is 31.7 Å². The van der Waals surface area contributed by atoms with Gasteiger partial charge in [-0.1, -0.05) is 12.1 Å². The molecule has 130 valence electrons. The minimum Gasteiger partial charge on any atom is -0.504 e. The van der Waals surface area contributed by atoms with Crippen LogP contribution in [0.2, 0.25) is 0 Å². The maximum Gasteiger partial charge on any atom is 0.573 e. The monoisotopic (exact) mass is 344 g/mol. The maximum absolute atomic E-state index is 13.4. The summed E-state index contributed by atoms with van der Waals surface area (Å²) in [6, 6.07) is 0.481. The smallest absolute Gasteiger partial charge is 0.504 e. The van der Waals surface area contributed by atoms with Crippen molar-refractivity contribution in [2.75, 3.05) is 26.2 Å². The third-order valence-corrected chi connectivity index (χ3v) is 3.38. The Hall–Kier alpha value is -1.68. The molecule has 1 fully saturated rings. The number of aromatic hydroxyl groups is 1. The Balaban J connectivity index is 2.40. The standard InChI is InChI=1S/C13H14F6N2O2/c14-12(15,16)11(21-6-4-20-5-7-21)8-2-1-3-9(10(8)22)23-13(17,18)19/h1-3,11,20,22H,4-7H2/t11-/m1/s1. The predicted octanol–water partition coefficient (Wildman–Crippen LogP) is 2.80. The Morgan fingerprint density at radius 1 is 1.09 bits per heavy atom. The molecule has 0 radical (unpaired) electrons. The van der Waals surface area contributed by atoms with E-state index in [2.05, 4.69) is 10.1 Å². The summed E-state index contributed by atoms with van der Waals surface area (Å²) in [7, 11) is 0. The van der Waals surface area contributed by atoms with Gasteiger partial charge in [0.1, 0.15) is 6.04 Å². The highest BCUT2D eigenvalue weighted by molar-refractivity contribution is 5.47. The topological polar surface area (TPSA) is 44.7 Å². The molecule has 1 aliphatic heterocycles. The van der Waals surface area contributed by atoms with Crippen LogP contribution in [0.1, 0.15) is 11.6 Å². The first-order valence-electron chi connectivity index (χ1n) is 6.68. The fourth-order valence-electron chi connectivity index (χ4n) is 2.49. The minimum atomic E-state index is -5.11. The number of phenolic OH excluding ortho intramolecular Hbond substituents is 1. The van der Waals surface area contributed by atoms with Crippen molar-refractivity contribution in [1.82, 2.24) is 10.2 Å². The highest BCUT2D eigenvalue weighted by Crippen LogP contribution is 2.45. The summed E-state index contributed by atoms with van der Waals surface area (Å²) in [5.74, 6) is -2.22. The van der Waals surface area contributed by atoms with Gasteiger partial charge in [-0.05, 0) is 6.07 Å². The Morgan fingerprint density at radius 2 is 1.70 bits per heavy atom. The molecule has 1 aromatic carbocycles. The number of nitrogens with one attached hydrogen (secondary N) is 1. The van der Waals surface area contributed by atoms with Gasteiger partial charge in [-0.3, -0.25) is 4.90 Å². The van der Waals surface area contributed by atoms with E-state index in [-0.39, 0.29) is 13.1 Å². The average Bonchev–Trinajstić information content (AvgIpc) is 2.41. The molecular weight excluding hydrogens is 330 g/mol. The number of ether oxygens (including phenoxy) is 1. The fraction of sp³-hybridized carbons (Fsp3) is 0.538. The van der Waals surface area contributed by atoms with E-state index < -0.39 is 35.6 Å². The zero-order valence-corrected chi connectivity index (χ0v) is 11.7. The first kappa shape index (κ1) is 17.7. The molecule has 0 bridgehead atoms. The van der Waals surface area contributed by atoms with Crippen molar-refractivity contribution in [3.63, 3.8) is 0 Å². The number of phenols is 1. The van der Waals surface area contributed by atoms with Crippen molar-refractivity contribution in [2.45, 2.75) is 18.6 Å². The van der Waals surface area contributed by atoms with Crippen molar-refractivity contribution in [3.05, 3.63) is 23.8 Å². The van der Waals surface area contributed by atoms with E-state index >= 15 is 0 Å². The van der Waals surface area contributed by atoms with Crippen molar-refractivity contribution < 1.29 is 36.2 Å². The van der Waals surface area contributed by atoms with Crippen molar-refractivity contribution in [3.8, 4) is 11.5 Å². The maximum atomic E-state index is 13.4. The number of alkyl halides is 6. The van der Waals surface area contributed by atoms with Crippen LogP contribution in [0.4, 0.5) is 26.3 Å². The lowest BCUT2D eigenvalue weighted by Crippen LogP contribution is -2.49. The lowest BCUT2D eigenvalue weighted by Gasteiger charge is -2.36. The number of benzene rings is 1. The molecule has 1 saturated heterocycles. The molecule has 0 unspecified atom stereocenters. The lowest BCUT2D eigenvalue weighted by molar-refractivity contribution is -0.275. The molecule has 0 spiro atoms. The Bertz CT molecular complexity index is 540. The highest BCUT2D eigenvalue weighted by atomic mass is 19.4. The van der Waals surface area contributed by atoms with Gasteiger partial charge >= 0.3 is 12.5 Å². The van der Waals surface area contributed by atoms with Crippen LogP contribution in [0.15, 0.2) is 18.2 Å².